The van der Waals surface area contributed by atoms with Gasteiger partial charge in [-0.1, -0.05) is 0 Å². The Balaban J connectivity index is 2.09. The number of hydrogen-bond acceptors (Lipinski definition) is 5. The van der Waals surface area contributed by atoms with E-state index < -0.39 is 27.8 Å². The number of rotatable bonds is 5. The van der Waals surface area contributed by atoms with Crippen LogP contribution >= 0.6 is 0 Å². The predicted octanol–water partition coefficient (Wildman–Crippen LogP) is 0.414. The minimum absolute atomic E-state index is 0.00963. The van der Waals surface area contributed by atoms with Crippen LogP contribution in [-0.2, 0) is 19.6 Å². The molecular weight excluding hydrogens is 334 g/mol. The molecule has 0 saturated carbocycles. The standard InChI is InChI=1S/C15H21N3O5S/c1-11-5-6-12(15(20)21)9-18(11)14(19)10-17(2)24(22,23)13-4-3-7-16-8-13/h3-4,7-8,11-12H,5-6,9-10H2,1-2H3,(H,20,21). The third-order valence-corrected chi connectivity index (χ3v) is 6.04. The van der Waals surface area contributed by atoms with Gasteiger partial charge in [-0.3, -0.25) is 14.6 Å². The molecule has 8 nitrogen and oxygen atoms in total. The molecule has 2 rings (SSSR count). The van der Waals surface area contributed by atoms with Gasteiger partial charge < -0.3 is 10.0 Å². The molecule has 1 aromatic heterocycles. The maximum Gasteiger partial charge on any atom is 0.308 e. The number of amides is 1. The molecule has 2 heterocycles. The van der Waals surface area contributed by atoms with Gasteiger partial charge >= 0.3 is 5.97 Å². The van der Waals surface area contributed by atoms with Gasteiger partial charge in [-0.15, -0.1) is 0 Å². The fourth-order valence-electron chi connectivity index (χ4n) is 2.70. The summed E-state index contributed by atoms with van der Waals surface area (Å²) in [5.41, 5.74) is 0. The van der Waals surface area contributed by atoms with Gasteiger partial charge in [0.25, 0.3) is 0 Å². The Labute approximate surface area is 141 Å². The largest absolute Gasteiger partial charge is 0.481 e. The number of carboxylic acid groups (broad SMARTS) is 1. The van der Waals surface area contributed by atoms with Crippen LogP contribution in [0.25, 0.3) is 0 Å². The number of likely N-dealkylation sites (tertiary alicyclic amines) is 1. The summed E-state index contributed by atoms with van der Waals surface area (Å²) in [5.74, 6) is -1.94. The van der Waals surface area contributed by atoms with Crippen LogP contribution in [-0.4, -0.2) is 65.8 Å². The van der Waals surface area contributed by atoms with Crippen molar-refractivity contribution in [3.05, 3.63) is 24.5 Å². The Bertz CT molecular complexity index is 707. The Kier molecular flexibility index (Phi) is 5.55. The van der Waals surface area contributed by atoms with E-state index in [-0.39, 0.29) is 24.0 Å². The Morgan fingerprint density at radius 3 is 2.71 bits per heavy atom. The first-order valence-corrected chi connectivity index (χ1v) is 9.06. The first-order chi connectivity index (χ1) is 11.2. The molecule has 2 unspecified atom stereocenters. The summed E-state index contributed by atoms with van der Waals surface area (Å²) in [5, 5.41) is 9.13. The van der Waals surface area contributed by atoms with Crippen molar-refractivity contribution in [1.82, 2.24) is 14.2 Å². The Morgan fingerprint density at radius 1 is 1.42 bits per heavy atom. The molecule has 132 valence electrons. The van der Waals surface area contributed by atoms with Gasteiger partial charge in [0.2, 0.25) is 15.9 Å². The number of carbonyl (C=O) groups is 2. The summed E-state index contributed by atoms with van der Waals surface area (Å²) >= 11 is 0. The van der Waals surface area contributed by atoms with Crippen molar-refractivity contribution in [3.8, 4) is 0 Å². The summed E-state index contributed by atoms with van der Waals surface area (Å²) in [6.45, 7) is 1.61. The lowest BCUT2D eigenvalue weighted by Crippen LogP contribution is -2.50. The van der Waals surface area contributed by atoms with Crippen LogP contribution < -0.4 is 0 Å². The van der Waals surface area contributed by atoms with Gasteiger partial charge in [0, 0.05) is 32.0 Å². The minimum atomic E-state index is -3.81. The van der Waals surface area contributed by atoms with Crippen LogP contribution in [0.5, 0.6) is 0 Å². The summed E-state index contributed by atoms with van der Waals surface area (Å²) in [7, 11) is -2.49. The monoisotopic (exact) mass is 355 g/mol. The first kappa shape index (κ1) is 18.3. The van der Waals surface area contributed by atoms with E-state index in [1.807, 2.05) is 6.92 Å². The molecule has 0 aromatic carbocycles. The summed E-state index contributed by atoms with van der Waals surface area (Å²) in [6, 6.07) is 2.81. The van der Waals surface area contributed by atoms with Crippen LogP contribution in [0.15, 0.2) is 29.4 Å². The van der Waals surface area contributed by atoms with Crippen molar-refractivity contribution in [2.24, 2.45) is 5.92 Å². The number of carbonyl (C=O) groups excluding carboxylic acids is 1. The SMILES string of the molecule is CC1CCC(C(=O)O)CN1C(=O)CN(C)S(=O)(=O)c1cccnc1. The van der Waals surface area contributed by atoms with E-state index >= 15 is 0 Å². The molecule has 24 heavy (non-hydrogen) atoms. The van der Waals surface area contributed by atoms with Crippen molar-refractivity contribution >= 4 is 21.9 Å². The molecule has 1 aliphatic heterocycles. The van der Waals surface area contributed by atoms with Gasteiger partial charge in [0.15, 0.2) is 0 Å². The number of aromatic nitrogens is 1. The van der Waals surface area contributed by atoms with Crippen molar-refractivity contribution in [1.29, 1.82) is 0 Å². The predicted molar refractivity (Wildman–Crippen MR) is 85.6 cm³/mol. The second-order valence-electron chi connectivity index (χ2n) is 5.96. The van der Waals surface area contributed by atoms with Crippen LogP contribution in [0.3, 0.4) is 0 Å². The molecule has 0 spiro atoms. The second kappa shape index (κ2) is 7.27. The number of aliphatic carboxylic acids is 1. The van der Waals surface area contributed by atoms with Crippen molar-refractivity contribution in [3.63, 3.8) is 0 Å². The smallest absolute Gasteiger partial charge is 0.308 e. The van der Waals surface area contributed by atoms with Crippen LogP contribution in [0, 0.1) is 5.92 Å². The Morgan fingerprint density at radius 2 is 2.12 bits per heavy atom. The van der Waals surface area contributed by atoms with Crippen molar-refractivity contribution in [2.75, 3.05) is 20.1 Å². The fraction of sp³-hybridized carbons (Fsp3) is 0.533. The molecule has 1 aliphatic rings. The lowest BCUT2D eigenvalue weighted by atomic mass is 9.93. The molecule has 0 aliphatic carbocycles. The summed E-state index contributed by atoms with van der Waals surface area (Å²) in [4.78, 5) is 28.9. The highest BCUT2D eigenvalue weighted by atomic mass is 32.2. The van der Waals surface area contributed by atoms with Gasteiger partial charge in [-0.25, -0.2) is 8.42 Å². The first-order valence-electron chi connectivity index (χ1n) is 7.62. The zero-order valence-electron chi connectivity index (χ0n) is 13.6. The molecule has 1 fully saturated rings. The number of likely N-dealkylation sites (N-methyl/N-ethyl adjacent to an activating group) is 1. The topological polar surface area (TPSA) is 108 Å². The lowest BCUT2D eigenvalue weighted by molar-refractivity contribution is -0.147. The van der Waals surface area contributed by atoms with Crippen LogP contribution in [0.2, 0.25) is 0 Å². The number of sulfonamides is 1. The normalized spacial score (nSPS) is 21.7. The second-order valence-corrected chi connectivity index (χ2v) is 8.00. The van der Waals surface area contributed by atoms with E-state index in [2.05, 4.69) is 4.98 Å². The number of hydrogen-bond donors (Lipinski definition) is 1. The number of pyridine rings is 1. The molecule has 0 bridgehead atoms. The number of piperidine rings is 1. The van der Waals surface area contributed by atoms with Gasteiger partial charge in [0.1, 0.15) is 4.90 Å². The third-order valence-electron chi connectivity index (χ3n) is 4.25. The molecule has 2 atom stereocenters. The van der Waals surface area contributed by atoms with Gasteiger partial charge in [-0.05, 0) is 31.9 Å². The van der Waals surface area contributed by atoms with E-state index in [9.17, 15) is 18.0 Å². The van der Waals surface area contributed by atoms with E-state index in [0.29, 0.717) is 12.8 Å². The van der Waals surface area contributed by atoms with Crippen LogP contribution in [0.4, 0.5) is 0 Å². The van der Waals surface area contributed by atoms with E-state index in [1.165, 1.54) is 36.5 Å². The van der Waals surface area contributed by atoms with E-state index in [0.717, 1.165) is 4.31 Å². The highest BCUT2D eigenvalue weighted by Gasteiger charge is 2.34. The molecule has 1 amide bonds. The summed E-state index contributed by atoms with van der Waals surface area (Å²) in [6.07, 6.45) is 3.79. The van der Waals surface area contributed by atoms with Crippen molar-refractivity contribution < 1.29 is 23.1 Å². The number of carboxylic acids is 1. The third kappa shape index (κ3) is 3.90. The van der Waals surface area contributed by atoms with E-state index in [1.54, 1.807) is 0 Å². The molecule has 1 aromatic rings. The highest BCUT2D eigenvalue weighted by molar-refractivity contribution is 7.89. The molecule has 0 radical (unpaired) electrons. The highest BCUT2D eigenvalue weighted by Crippen LogP contribution is 2.23. The van der Waals surface area contributed by atoms with Crippen molar-refractivity contribution in [2.45, 2.75) is 30.7 Å². The lowest BCUT2D eigenvalue weighted by Gasteiger charge is -2.37. The average molecular weight is 355 g/mol. The van der Waals surface area contributed by atoms with Gasteiger partial charge in [0.05, 0.1) is 12.5 Å². The molecular formula is C15H21N3O5S. The maximum absolute atomic E-state index is 12.5. The van der Waals surface area contributed by atoms with Gasteiger partial charge in [-0.2, -0.15) is 4.31 Å². The van der Waals surface area contributed by atoms with Crippen LogP contribution in [0.1, 0.15) is 19.8 Å². The quantitative estimate of drug-likeness (QED) is 0.820. The average Bonchev–Trinajstić information content (AvgIpc) is 2.55. The summed E-state index contributed by atoms with van der Waals surface area (Å²) < 4.78 is 25.8. The Hall–Kier alpha value is -2.00. The minimum Gasteiger partial charge on any atom is -0.481 e. The fourth-order valence-corrected chi connectivity index (χ4v) is 3.79. The molecule has 1 N–H and O–H groups in total. The zero-order valence-corrected chi connectivity index (χ0v) is 14.4. The zero-order chi connectivity index (χ0) is 17.9. The number of nitrogens with zero attached hydrogens (tertiary/aromatic N) is 3. The molecule has 1 saturated heterocycles. The molecule has 9 heteroatoms. The van der Waals surface area contributed by atoms with E-state index in [4.69, 9.17) is 5.11 Å². The maximum atomic E-state index is 12.5.